The van der Waals surface area contributed by atoms with Gasteiger partial charge in [0.15, 0.2) is 0 Å². The summed E-state index contributed by atoms with van der Waals surface area (Å²) in [5.41, 5.74) is 1.51. The third-order valence-corrected chi connectivity index (χ3v) is 9.65. The van der Waals surface area contributed by atoms with E-state index >= 15 is 0 Å². The van der Waals surface area contributed by atoms with Gasteiger partial charge < -0.3 is 0 Å². The zero-order valence-corrected chi connectivity index (χ0v) is 20.5. The first-order valence-electron chi connectivity index (χ1n) is 13.6. The van der Waals surface area contributed by atoms with Gasteiger partial charge in [0, 0.05) is 5.02 Å². The molecule has 1 aromatic rings. The van der Waals surface area contributed by atoms with E-state index in [1.54, 1.807) is 0 Å². The van der Waals surface area contributed by atoms with Crippen molar-refractivity contribution < 1.29 is 0 Å². The first kappa shape index (κ1) is 23.4. The Balaban J connectivity index is 1.10. The predicted molar refractivity (Wildman–Crippen MR) is 136 cm³/mol. The first-order chi connectivity index (χ1) is 15.2. The Labute approximate surface area is 197 Å². The van der Waals surface area contributed by atoms with E-state index in [1.807, 2.05) is 0 Å². The summed E-state index contributed by atoms with van der Waals surface area (Å²) in [6.45, 7) is 3.90. The van der Waals surface area contributed by atoms with Crippen molar-refractivity contribution in [1.82, 2.24) is 0 Å². The molecule has 0 unspecified atom stereocenters. The minimum Gasteiger partial charge on any atom is -0.103 e. The van der Waals surface area contributed by atoms with Gasteiger partial charge in [-0.05, 0) is 117 Å². The van der Waals surface area contributed by atoms with Crippen molar-refractivity contribution in [2.75, 3.05) is 0 Å². The van der Waals surface area contributed by atoms with Crippen LogP contribution >= 0.6 is 11.6 Å². The van der Waals surface area contributed by atoms with Crippen LogP contribution in [-0.4, -0.2) is 0 Å². The summed E-state index contributed by atoms with van der Waals surface area (Å²) in [4.78, 5) is 0. The van der Waals surface area contributed by atoms with Crippen molar-refractivity contribution in [2.24, 2.45) is 29.6 Å². The number of hydrogen-bond donors (Lipinski definition) is 0. The van der Waals surface area contributed by atoms with Gasteiger partial charge in [0.2, 0.25) is 0 Å². The van der Waals surface area contributed by atoms with Gasteiger partial charge in [-0.15, -0.1) is 6.58 Å². The lowest BCUT2D eigenvalue weighted by atomic mass is 9.68. The van der Waals surface area contributed by atoms with Crippen molar-refractivity contribution in [3.8, 4) is 0 Å². The van der Waals surface area contributed by atoms with E-state index < -0.39 is 0 Å². The molecule has 0 aromatic heterocycles. The molecule has 1 aromatic carbocycles. The molecule has 3 saturated carbocycles. The van der Waals surface area contributed by atoms with Gasteiger partial charge in [-0.3, -0.25) is 0 Å². The third kappa shape index (κ3) is 6.86. The molecule has 0 nitrogen and oxygen atoms in total. The highest BCUT2D eigenvalue weighted by Gasteiger charge is 2.31. The molecule has 0 amide bonds. The van der Waals surface area contributed by atoms with Crippen LogP contribution in [0.1, 0.15) is 114 Å². The fourth-order valence-corrected chi connectivity index (χ4v) is 7.37. The summed E-state index contributed by atoms with van der Waals surface area (Å²) >= 11 is 6.06. The van der Waals surface area contributed by atoms with Crippen molar-refractivity contribution >= 4 is 11.6 Å². The zero-order chi connectivity index (χ0) is 21.5. The zero-order valence-electron chi connectivity index (χ0n) is 19.7. The van der Waals surface area contributed by atoms with Gasteiger partial charge >= 0.3 is 0 Å². The summed E-state index contributed by atoms with van der Waals surface area (Å²) in [5.74, 6) is 5.92. The fourth-order valence-electron chi connectivity index (χ4n) is 7.24. The quantitative estimate of drug-likeness (QED) is 0.352. The molecule has 1 heteroatoms. The maximum atomic E-state index is 6.06. The van der Waals surface area contributed by atoms with E-state index in [9.17, 15) is 0 Å². The van der Waals surface area contributed by atoms with Crippen LogP contribution in [0.3, 0.4) is 0 Å². The fraction of sp³-hybridized carbons (Fsp3) is 0.733. The molecule has 0 radical (unpaired) electrons. The van der Waals surface area contributed by atoms with E-state index in [-0.39, 0.29) is 0 Å². The molecule has 0 saturated heterocycles. The van der Waals surface area contributed by atoms with Gasteiger partial charge in [0.1, 0.15) is 0 Å². The minimum atomic E-state index is 0.774. The van der Waals surface area contributed by atoms with Crippen LogP contribution in [0.2, 0.25) is 5.02 Å². The van der Waals surface area contributed by atoms with Crippen molar-refractivity contribution in [2.45, 2.75) is 109 Å². The summed E-state index contributed by atoms with van der Waals surface area (Å²) in [7, 11) is 0. The molecule has 0 aliphatic heterocycles. The molecule has 31 heavy (non-hydrogen) atoms. The van der Waals surface area contributed by atoms with Crippen LogP contribution in [0, 0.1) is 29.6 Å². The molecule has 0 heterocycles. The molecule has 0 spiro atoms. The molecule has 3 aliphatic rings. The first-order valence-corrected chi connectivity index (χ1v) is 14.0. The summed E-state index contributed by atoms with van der Waals surface area (Å²) < 4.78 is 0. The van der Waals surface area contributed by atoms with Crippen molar-refractivity contribution in [3.05, 3.63) is 47.5 Å². The molecule has 0 atom stereocenters. The second kappa shape index (κ2) is 11.9. The normalized spacial score (nSPS) is 34.4. The Hall–Kier alpha value is -0.750. The van der Waals surface area contributed by atoms with Crippen LogP contribution in [0.5, 0.6) is 0 Å². The Morgan fingerprint density at radius 1 is 0.645 bits per heavy atom. The lowest BCUT2D eigenvalue weighted by Crippen LogP contribution is -2.26. The number of benzene rings is 1. The maximum absolute atomic E-state index is 6.06. The topological polar surface area (TPSA) is 0 Å². The second-order valence-corrected chi connectivity index (χ2v) is 11.7. The van der Waals surface area contributed by atoms with E-state index in [4.69, 9.17) is 11.6 Å². The number of hydrogen-bond acceptors (Lipinski definition) is 0. The predicted octanol–water partition coefficient (Wildman–Crippen LogP) is 9.97. The molecule has 3 fully saturated rings. The van der Waals surface area contributed by atoms with Crippen molar-refractivity contribution in [1.29, 1.82) is 0 Å². The highest BCUT2D eigenvalue weighted by molar-refractivity contribution is 6.30. The van der Waals surface area contributed by atoms with Gasteiger partial charge in [0.25, 0.3) is 0 Å². The second-order valence-electron chi connectivity index (χ2n) is 11.3. The van der Waals surface area contributed by atoms with Crippen LogP contribution in [0.25, 0.3) is 0 Å². The minimum absolute atomic E-state index is 0.774. The van der Waals surface area contributed by atoms with Crippen LogP contribution in [-0.2, 0) is 0 Å². The van der Waals surface area contributed by atoms with Gasteiger partial charge in [0.05, 0.1) is 0 Å². The number of allylic oxidation sites excluding steroid dienone is 1. The van der Waals surface area contributed by atoms with Gasteiger partial charge in [-0.25, -0.2) is 0 Å². The summed E-state index contributed by atoms with van der Waals surface area (Å²) in [5, 5.41) is 0.864. The monoisotopic (exact) mass is 440 g/mol. The Bertz CT molecular complexity index is 637. The Morgan fingerprint density at radius 3 is 1.58 bits per heavy atom. The number of rotatable bonds is 8. The van der Waals surface area contributed by atoms with Crippen LogP contribution in [0.4, 0.5) is 0 Å². The van der Waals surface area contributed by atoms with E-state index in [2.05, 4.69) is 36.9 Å². The van der Waals surface area contributed by atoms with E-state index in [1.165, 1.54) is 108 Å². The van der Waals surface area contributed by atoms with E-state index in [0.29, 0.717) is 0 Å². The molecular formula is C30H45Cl. The third-order valence-electron chi connectivity index (χ3n) is 9.40. The molecule has 4 rings (SSSR count). The Kier molecular flexibility index (Phi) is 9.00. The van der Waals surface area contributed by atoms with Crippen LogP contribution < -0.4 is 0 Å². The highest BCUT2D eigenvalue weighted by atomic mass is 35.5. The van der Waals surface area contributed by atoms with Crippen LogP contribution in [0.15, 0.2) is 36.9 Å². The highest BCUT2D eigenvalue weighted by Crippen LogP contribution is 2.44. The Morgan fingerprint density at radius 2 is 1.10 bits per heavy atom. The number of halogens is 1. The van der Waals surface area contributed by atoms with Crippen molar-refractivity contribution in [3.63, 3.8) is 0 Å². The average molecular weight is 441 g/mol. The molecule has 0 bridgehead atoms. The lowest BCUT2D eigenvalue weighted by molar-refractivity contribution is 0.137. The standard InChI is InChI=1S/C30H45Cl/c1-2-3-4-23-7-13-26(14-8-23)27-15-9-24(10-16-27)5-6-25-11-17-28(18-12-25)29-19-21-30(31)22-20-29/h2,19-28H,1,3-18H2. The molecule has 3 aliphatic carbocycles. The molecular weight excluding hydrogens is 396 g/mol. The molecule has 172 valence electrons. The average Bonchev–Trinajstić information content (AvgIpc) is 2.83. The van der Waals surface area contributed by atoms with E-state index in [0.717, 1.165) is 40.5 Å². The largest absolute Gasteiger partial charge is 0.103 e. The SMILES string of the molecule is C=CCCC1CCC(C2CCC(CCC3CCC(c4ccc(Cl)cc4)CC3)CC2)CC1. The molecule has 0 N–H and O–H groups in total. The van der Waals surface area contributed by atoms with Gasteiger partial charge in [-0.2, -0.15) is 0 Å². The summed E-state index contributed by atoms with van der Waals surface area (Å²) in [6, 6.07) is 8.63. The van der Waals surface area contributed by atoms with Gasteiger partial charge in [-0.1, -0.05) is 68.3 Å². The lowest BCUT2D eigenvalue weighted by Gasteiger charge is -2.38. The smallest absolute Gasteiger partial charge is 0.0406 e. The maximum Gasteiger partial charge on any atom is 0.0406 e. The summed E-state index contributed by atoms with van der Waals surface area (Å²) in [6.07, 6.45) is 25.6.